The second-order valence-corrected chi connectivity index (χ2v) is 8.94. The number of primary amides is 1. The van der Waals surface area contributed by atoms with E-state index in [1.165, 1.54) is 17.7 Å². The van der Waals surface area contributed by atoms with Crippen molar-refractivity contribution >= 4 is 23.2 Å². The van der Waals surface area contributed by atoms with Gasteiger partial charge < -0.3 is 21.1 Å². The molecule has 2 heterocycles. The van der Waals surface area contributed by atoms with Crippen LogP contribution in [0.5, 0.6) is 5.75 Å². The summed E-state index contributed by atoms with van der Waals surface area (Å²) in [5, 5.41) is 9.02. The molecule has 0 saturated carbocycles. The molecule has 0 spiro atoms. The molecule has 2 aromatic rings. The van der Waals surface area contributed by atoms with Gasteiger partial charge in [0.15, 0.2) is 12.6 Å². The van der Waals surface area contributed by atoms with Gasteiger partial charge in [0, 0.05) is 25.0 Å². The fourth-order valence-electron chi connectivity index (χ4n) is 3.73. The minimum Gasteiger partial charge on any atom is -0.484 e. The zero-order chi connectivity index (χ0) is 22.1. The summed E-state index contributed by atoms with van der Waals surface area (Å²) in [5.74, 6) is 1.70. The van der Waals surface area contributed by atoms with Crippen LogP contribution in [0.25, 0.3) is 0 Å². The van der Waals surface area contributed by atoms with Crippen molar-refractivity contribution in [2.75, 3.05) is 33.3 Å². The Morgan fingerprint density at radius 2 is 2.10 bits per heavy atom. The van der Waals surface area contributed by atoms with Gasteiger partial charge >= 0.3 is 0 Å². The monoisotopic (exact) mass is 443 g/mol. The number of aliphatic imine (C=N–C) groups is 1. The van der Waals surface area contributed by atoms with Crippen molar-refractivity contribution in [1.29, 1.82) is 0 Å². The van der Waals surface area contributed by atoms with Crippen LogP contribution in [0.15, 0.2) is 46.8 Å². The number of likely N-dealkylation sites (tertiary alicyclic amines) is 1. The maximum absolute atomic E-state index is 10.9. The van der Waals surface area contributed by atoms with Crippen LogP contribution in [0.3, 0.4) is 0 Å². The number of hydrogen-bond donors (Lipinski definition) is 3. The molecular weight excluding hydrogens is 410 g/mol. The van der Waals surface area contributed by atoms with E-state index in [4.69, 9.17) is 10.5 Å². The topological polar surface area (TPSA) is 92.0 Å². The number of nitrogens with two attached hydrogens (primary N) is 1. The lowest BCUT2D eigenvalue weighted by Gasteiger charge is -2.36. The molecule has 0 radical (unpaired) electrons. The molecule has 1 aliphatic rings. The first-order valence-corrected chi connectivity index (χ1v) is 11.6. The fourth-order valence-corrected chi connectivity index (χ4v) is 4.59. The Labute approximate surface area is 188 Å². The average molecular weight is 444 g/mol. The minimum atomic E-state index is -0.489. The Hall–Kier alpha value is -2.58. The highest BCUT2D eigenvalue weighted by Crippen LogP contribution is 2.29. The van der Waals surface area contributed by atoms with Crippen LogP contribution >= 0.6 is 11.3 Å². The number of nitrogens with zero attached hydrogens (tertiary/aromatic N) is 2. The summed E-state index contributed by atoms with van der Waals surface area (Å²) < 4.78 is 5.38. The lowest BCUT2D eigenvalue weighted by atomic mass is 9.97. The van der Waals surface area contributed by atoms with E-state index < -0.39 is 5.91 Å². The summed E-state index contributed by atoms with van der Waals surface area (Å²) in [4.78, 5) is 19.3. The second kappa shape index (κ2) is 11.7. The first-order chi connectivity index (χ1) is 15.0. The summed E-state index contributed by atoms with van der Waals surface area (Å²) in [7, 11) is 1.78. The zero-order valence-electron chi connectivity index (χ0n) is 18.3. The minimum absolute atomic E-state index is 0.126. The highest BCUT2D eigenvalue weighted by Gasteiger charge is 2.25. The largest absolute Gasteiger partial charge is 0.484 e. The van der Waals surface area contributed by atoms with E-state index >= 15 is 0 Å². The molecular formula is C23H33N5O2S. The van der Waals surface area contributed by atoms with E-state index in [9.17, 15) is 4.79 Å². The van der Waals surface area contributed by atoms with E-state index in [2.05, 4.69) is 45.0 Å². The molecule has 3 rings (SSSR count). The van der Waals surface area contributed by atoms with Crippen LogP contribution in [0.4, 0.5) is 0 Å². The predicted octanol–water partition coefficient (Wildman–Crippen LogP) is 2.75. The van der Waals surface area contributed by atoms with Crippen LogP contribution in [0, 0.1) is 5.92 Å². The van der Waals surface area contributed by atoms with Crippen molar-refractivity contribution in [3.63, 3.8) is 0 Å². The number of ether oxygens (including phenoxy) is 1. The molecule has 1 amide bonds. The lowest BCUT2D eigenvalue weighted by molar-refractivity contribution is -0.119. The summed E-state index contributed by atoms with van der Waals surface area (Å²) >= 11 is 1.81. The van der Waals surface area contributed by atoms with Gasteiger partial charge in [0.2, 0.25) is 0 Å². The van der Waals surface area contributed by atoms with Crippen molar-refractivity contribution in [2.45, 2.75) is 32.4 Å². The molecule has 31 heavy (non-hydrogen) atoms. The van der Waals surface area contributed by atoms with Gasteiger partial charge in [-0.05, 0) is 61.0 Å². The number of rotatable bonds is 9. The van der Waals surface area contributed by atoms with Gasteiger partial charge in [0.1, 0.15) is 5.75 Å². The molecule has 1 unspecified atom stereocenters. The van der Waals surface area contributed by atoms with Crippen LogP contribution < -0.4 is 21.1 Å². The molecule has 8 heteroatoms. The normalized spacial score (nSPS) is 16.6. The van der Waals surface area contributed by atoms with E-state index in [1.807, 2.05) is 35.6 Å². The fraction of sp³-hybridized carbons (Fsp3) is 0.478. The first kappa shape index (κ1) is 23.1. The number of hydrogen-bond acceptors (Lipinski definition) is 5. The molecule has 0 aliphatic carbocycles. The SMILES string of the molecule is CN=C(NCc1cccc(OCC(N)=O)c1)NCC(c1cccs1)N1CCC(C)CC1. The molecule has 1 fully saturated rings. The summed E-state index contributed by atoms with van der Waals surface area (Å²) in [6.45, 7) is 5.88. The third-order valence-corrected chi connectivity index (χ3v) is 6.53. The second-order valence-electron chi connectivity index (χ2n) is 7.96. The Morgan fingerprint density at radius 1 is 1.29 bits per heavy atom. The van der Waals surface area contributed by atoms with Gasteiger partial charge in [-0.15, -0.1) is 11.3 Å². The van der Waals surface area contributed by atoms with Gasteiger partial charge in [-0.3, -0.25) is 14.7 Å². The third-order valence-electron chi connectivity index (χ3n) is 5.56. The van der Waals surface area contributed by atoms with Crippen LogP contribution in [0.2, 0.25) is 0 Å². The molecule has 1 aromatic carbocycles. The van der Waals surface area contributed by atoms with Gasteiger partial charge in [-0.1, -0.05) is 25.1 Å². The molecule has 0 bridgehead atoms. The smallest absolute Gasteiger partial charge is 0.255 e. The van der Waals surface area contributed by atoms with Gasteiger partial charge in [0.05, 0.1) is 6.04 Å². The number of nitrogens with one attached hydrogen (secondary N) is 2. The number of thiophene rings is 1. The quantitative estimate of drug-likeness (QED) is 0.409. The molecule has 168 valence electrons. The van der Waals surface area contributed by atoms with Crippen molar-refractivity contribution in [3.05, 3.63) is 52.2 Å². The summed E-state index contributed by atoms with van der Waals surface area (Å²) in [6, 6.07) is 12.3. The van der Waals surface area contributed by atoms with Crippen LogP contribution in [-0.2, 0) is 11.3 Å². The number of carbonyl (C=O) groups is 1. The Kier molecular flexibility index (Phi) is 8.73. The number of guanidine groups is 1. The average Bonchev–Trinajstić information content (AvgIpc) is 3.30. The molecule has 4 N–H and O–H groups in total. The lowest BCUT2D eigenvalue weighted by Crippen LogP contribution is -2.44. The van der Waals surface area contributed by atoms with Crippen LogP contribution in [-0.4, -0.2) is 50.1 Å². The summed E-state index contributed by atoms with van der Waals surface area (Å²) in [5.41, 5.74) is 6.18. The van der Waals surface area contributed by atoms with Gasteiger partial charge in [0.25, 0.3) is 5.91 Å². The standard InChI is InChI=1S/C23H33N5O2S/c1-17-8-10-28(11-9-17)20(21-7-4-12-31-21)15-27-23(25-2)26-14-18-5-3-6-19(13-18)30-16-22(24)29/h3-7,12-13,17,20H,8-11,14-16H2,1-2H3,(H2,24,29)(H2,25,26,27). The van der Waals surface area contributed by atoms with E-state index in [-0.39, 0.29) is 6.61 Å². The van der Waals surface area contributed by atoms with Crippen molar-refractivity contribution in [3.8, 4) is 5.75 Å². The Bertz CT molecular complexity index is 847. The van der Waals surface area contributed by atoms with Crippen molar-refractivity contribution in [1.82, 2.24) is 15.5 Å². The van der Waals surface area contributed by atoms with Crippen molar-refractivity contribution < 1.29 is 9.53 Å². The maximum atomic E-state index is 10.9. The summed E-state index contributed by atoms with van der Waals surface area (Å²) in [6.07, 6.45) is 2.51. The van der Waals surface area contributed by atoms with E-state index in [1.54, 1.807) is 7.05 Å². The Morgan fingerprint density at radius 3 is 2.77 bits per heavy atom. The van der Waals surface area contributed by atoms with E-state index in [0.29, 0.717) is 18.3 Å². The number of carbonyl (C=O) groups excluding carboxylic acids is 1. The molecule has 1 saturated heterocycles. The van der Waals surface area contributed by atoms with Crippen molar-refractivity contribution in [2.24, 2.45) is 16.6 Å². The molecule has 1 aromatic heterocycles. The van der Waals surface area contributed by atoms with Gasteiger partial charge in [-0.2, -0.15) is 0 Å². The number of benzene rings is 1. The van der Waals surface area contributed by atoms with Crippen LogP contribution in [0.1, 0.15) is 36.2 Å². The highest BCUT2D eigenvalue weighted by molar-refractivity contribution is 7.10. The third kappa shape index (κ3) is 7.25. The predicted molar refractivity (Wildman–Crippen MR) is 126 cm³/mol. The molecule has 7 nitrogen and oxygen atoms in total. The number of piperidine rings is 1. The van der Waals surface area contributed by atoms with E-state index in [0.717, 1.165) is 37.1 Å². The maximum Gasteiger partial charge on any atom is 0.255 e. The zero-order valence-corrected chi connectivity index (χ0v) is 19.2. The highest BCUT2D eigenvalue weighted by atomic mass is 32.1. The number of amides is 1. The first-order valence-electron chi connectivity index (χ1n) is 10.8. The Balaban J connectivity index is 1.55. The van der Waals surface area contributed by atoms with Gasteiger partial charge in [-0.25, -0.2) is 0 Å². The molecule has 1 atom stereocenters. The molecule has 1 aliphatic heterocycles.